The number of amides is 2. The van der Waals surface area contributed by atoms with Crippen LogP contribution in [-0.4, -0.2) is 42.9 Å². The molecule has 2 heterocycles. The Kier molecular flexibility index (Phi) is 2.57. The van der Waals surface area contributed by atoms with Crippen LogP contribution >= 0.6 is 0 Å². The van der Waals surface area contributed by atoms with Crippen molar-refractivity contribution < 1.29 is 9.59 Å². The van der Waals surface area contributed by atoms with E-state index in [1.165, 1.54) is 0 Å². The molecule has 1 N–H and O–H groups in total. The van der Waals surface area contributed by atoms with Gasteiger partial charge in [0.2, 0.25) is 11.8 Å². The average molecular weight is 209 g/mol. The van der Waals surface area contributed by atoms with Crippen molar-refractivity contribution in [2.75, 3.05) is 26.2 Å². The molecule has 0 aromatic carbocycles. The Morgan fingerprint density at radius 1 is 1.40 bits per heavy atom. The predicted octanol–water partition coefficient (Wildman–Crippen LogP) is -0.499. The lowest BCUT2D eigenvalue weighted by atomic mass is 10.00. The van der Waals surface area contributed by atoms with E-state index in [1.807, 2.05) is 4.90 Å². The number of carbonyl (C=O) groups excluding carboxylic acids is 2. The minimum absolute atomic E-state index is 0.170. The van der Waals surface area contributed by atoms with Crippen molar-refractivity contribution in [1.82, 2.24) is 10.2 Å². The normalized spacial score (nSPS) is 29.9. The maximum atomic E-state index is 11.3. The zero-order valence-corrected chi connectivity index (χ0v) is 8.09. The second-order valence-corrected chi connectivity index (χ2v) is 3.78. The first kappa shape index (κ1) is 9.95. The van der Waals surface area contributed by atoms with E-state index in [4.69, 9.17) is 5.53 Å². The fourth-order valence-corrected chi connectivity index (χ4v) is 2.14. The van der Waals surface area contributed by atoms with Crippen LogP contribution in [0.2, 0.25) is 0 Å². The fourth-order valence-electron chi connectivity index (χ4n) is 2.14. The standard InChI is InChI=1S/C8H11N5O2/c9-12-10-1-2-13-3-5-6(4-13)8(15)11-7(5)14/h5-6H,1-4H2,(H,11,14,15). The highest BCUT2D eigenvalue weighted by Crippen LogP contribution is 2.27. The summed E-state index contributed by atoms with van der Waals surface area (Å²) in [6.07, 6.45) is 0. The summed E-state index contributed by atoms with van der Waals surface area (Å²) in [5.41, 5.74) is 8.11. The molecule has 0 bridgehead atoms. The molecule has 0 saturated carbocycles. The first-order chi connectivity index (χ1) is 7.22. The molecule has 2 unspecified atom stereocenters. The molecule has 2 aliphatic rings. The van der Waals surface area contributed by atoms with E-state index in [0.29, 0.717) is 26.2 Å². The molecule has 2 amide bonds. The fraction of sp³-hybridized carbons (Fsp3) is 0.750. The Morgan fingerprint density at radius 3 is 2.53 bits per heavy atom. The number of carbonyl (C=O) groups is 2. The Morgan fingerprint density at radius 2 is 2.00 bits per heavy atom. The van der Waals surface area contributed by atoms with Gasteiger partial charge in [0, 0.05) is 31.1 Å². The highest BCUT2D eigenvalue weighted by atomic mass is 16.2. The smallest absolute Gasteiger partial charge is 0.231 e. The van der Waals surface area contributed by atoms with Gasteiger partial charge in [-0.3, -0.25) is 14.9 Å². The van der Waals surface area contributed by atoms with Crippen molar-refractivity contribution in [3.63, 3.8) is 0 Å². The van der Waals surface area contributed by atoms with Crippen molar-refractivity contribution in [1.29, 1.82) is 0 Å². The third kappa shape index (κ3) is 1.79. The summed E-state index contributed by atoms with van der Waals surface area (Å²) in [7, 11) is 0. The number of rotatable bonds is 3. The zero-order chi connectivity index (χ0) is 10.8. The lowest BCUT2D eigenvalue weighted by molar-refractivity contribution is -0.126. The van der Waals surface area contributed by atoms with Gasteiger partial charge in [-0.2, -0.15) is 0 Å². The van der Waals surface area contributed by atoms with Gasteiger partial charge in [-0.25, -0.2) is 0 Å². The molecule has 2 saturated heterocycles. The highest BCUT2D eigenvalue weighted by Gasteiger charge is 2.47. The highest BCUT2D eigenvalue weighted by molar-refractivity contribution is 6.05. The van der Waals surface area contributed by atoms with Gasteiger partial charge < -0.3 is 4.90 Å². The Balaban J connectivity index is 1.92. The minimum atomic E-state index is -0.205. The number of nitrogens with one attached hydrogen (secondary N) is 1. The summed E-state index contributed by atoms with van der Waals surface area (Å²) in [5, 5.41) is 5.74. The Bertz CT molecular complexity index is 327. The van der Waals surface area contributed by atoms with Crippen LogP contribution in [-0.2, 0) is 9.59 Å². The lowest BCUT2D eigenvalue weighted by Gasteiger charge is -2.14. The van der Waals surface area contributed by atoms with Crippen LogP contribution in [0.1, 0.15) is 0 Å². The maximum absolute atomic E-state index is 11.3. The van der Waals surface area contributed by atoms with Crippen LogP contribution < -0.4 is 5.32 Å². The predicted molar refractivity (Wildman–Crippen MR) is 50.6 cm³/mol. The molecule has 0 aliphatic carbocycles. The number of hydrogen-bond acceptors (Lipinski definition) is 4. The van der Waals surface area contributed by atoms with Gasteiger partial charge in [-0.15, -0.1) is 0 Å². The average Bonchev–Trinajstić information content (AvgIpc) is 2.71. The third-order valence-corrected chi connectivity index (χ3v) is 2.89. The summed E-state index contributed by atoms with van der Waals surface area (Å²) in [5.74, 6) is -0.750. The number of imide groups is 1. The second kappa shape index (κ2) is 3.88. The molecule has 0 aromatic heterocycles. The largest absolute Gasteiger partial charge is 0.302 e. The van der Waals surface area contributed by atoms with Crippen molar-refractivity contribution in [3.8, 4) is 0 Å². The number of fused-ring (bicyclic) bond motifs is 1. The van der Waals surface area contributed by atoms with E-state index in [0.717, 1.165) is 0 Å². The molecule has 0 aromatic rings. The molecule has 7 heteroatoms. The quantitative estimate of drug-likeness (QED) is 0.293. The number of hydrogen-bond donors (Lipinski definition) is 1. The summed E-state index contributed by atoms with van der Waals surface area (Å²) < 4.78 is 0. The van der Waals surface area contributed by atoms with Gasteiger partial charge in [0.05, 0.1) is 11.8 Å². The second-order valence-electron chi connectivity index (χ2n) is 3.78. The Labute approximate surface area is 86.0 Å². The molecular weight excluding hydrogens is 198 g/mol. The number of azide groups is 1. The molecule has 2 atom stereocenters. The van der Waals surface area contributed by atoms with Crippen molar-refractivity contribution in [3.05, 3.63) is 10.4 Å². The monoisotopic (exact) mass is 209 g/mol. The van der Waals surface area contributed by atoms with Crippen LogP contribution in [0.3, 0.4) is 0 Å². The lowest BCUT2D eigenvalue weighted by Crippen LogP contribution is -2.32. The van der Waals surface area contributed by atoms with Crippen molar-refractivity contribution >= 4 is 11.8 Å². The maximum Gasteiger partial charge on any atom is 0.231 e. The molecule has 15 heavy (non-hydrogen) atoms. The van der Waals surface area contributed by atoms with Crippen LogP contribution in [0.4, 0.5) is 0 Å². The molecule has 0 radical (unpaired) electrons. The summed E-state index contributed by atoms with van der Waals surface area (Å²) >= 11 is 0. The van der Waals surface area contributed by atoms with Gasteiger partial charge in [0.1, 0.15) is 0 Å². The SMILES string of the molecule is [N-]=[N+]=NCCN1CC2C(=O)NC(=O)C2C1. The van der Waals surface area contributed by atoms with Crippen LogP contribution in [0, 0.1) is 11.8 Å². The minimum Gasteiger partial charge on any atom is -0.302 e. The molecule has 2 aliphatic heterocycles. The topological polar surface area (TPSA) is 98.2 Å². The molecule has 2 rings (SSSR count). The van der Waals surface area contributed by atoms with Crippen LogP contribution in [0.5, 0.6) is 0 Å². The molecule has 0 spiro atoms. The van der Waals surface area contributed by atoms with Crippen LogP contribution in [0.25, 0.3) is 10.4 Å². The molecule has 80 valence electrons. The van der Waals surface area contributed by atoms with Crippen molar-refractivity contribution in [2.45, 2.75) is 0 Å². The first-order valence-corrected chi connectivity index (χ1v) is 4.80. The van der Waals surface area contributed by atoms with Gasteiger partial charge in [0.15, 0.2) is 0 Å². The van der Waals surface area contributed by atoms with Gasteiger partial charge in [0.25, 0.3) is 0 Å². The zero-order valence-electron chi connectivity index (χ0n) is 8.09. The summed E-state index contributed by atoms with van der Waals surface area (Å²) in [6, 6.07) is 0. The van der Waals surface area contributed by atoms with Crippen LogP contribution in [0.15, 0.2) is 5.11 Å². The van der Waals surface area contributed by atoms with E-state index in [-0.39, 0.29) is 23.7 Å². The summed E-state index contributed by atoms with van der Waals surface area (Å²) in [6.45, 7) is 2.16. The number of likely N-dealkylation sites (tertiary alicyclic amines) is 1. The number of nitrogens with zero attached hydrogens (tertiary/aromatic N) is 4. The van der Waals surface area contributed by atoms with E-state index in [2.05, 4.69) is 15.3 Å². The molecule has 2 fully saturated rings. The third-order valence-electron chi connectivity index (χ3n) is 2.89. The van der Waals surface area contributed by atoms with Crippen molar-refractivity contribution in [2.24, 2.45) is 17.0 Å². The van der Waals surface area contributed by atoms with E-state index in [9.17, 15) is 9.59 Å². The first-order valence-electron chi connectivity index (χ1n) is 4.80. The van der Waals surface area contributed by atoms with E-state index in [1.54, 1.807) is 0 Å². The molecular formula is C8H11N5O2. The summed E-state index contributed by atoms with van der Waals surface area (Å²) in [4.78, 5) is 27.2. The van der Waals surface area contributed by atoms with E-state index >= 15 is 0 Å². The Hall–Kier alpha value is -1.59. The van der Waals surface area contributed by atoms with Gasteiger partial charge in [-0.1, -0.05) is 5.11 Å². The van der Waals surface area contributed by atoms with Gasteiger partial charge >= 0.3 is 0 Å². The van der Waals surface area contributed by atoms with E-state index < -0.39 is 0 Å². The molecule has 7 nitrogen and oxygen atoms in total. The van der Waals surface area contributed by atoms with Gasteiger partial charge in [-0.05, 0) is 5.53 Å².